The van der Waals surface area contributed by atoms with Gasteiger partial charge >= 0.3 is 0 Å². The number of benzene rings is 4. The van der Waals surface area contributed by atoms with E-state index in [1.54, 1.807) is 0 Å². The SMILES string of the molecule is CC(=O)N[C@@H]1O[C@H](COCc2ccccc2)[C@H](OCc2ccccc2)[C@H](OCc2ccccc2)[C@H]1OCc1ccccc1. The Morgan fingerprint density at radius 1 is 0.581 bits per heavy atom. The van der Waals surface area contributed by atoms with Gasteiger partial charge in [-0.2, -0.15) is 0 Å². The lowest BCUT2D eigenvalue weighted by Crippen LogP contribution is -2.65. The number of rotatable bonds is 14. The molecule has 43 heavy (non-hydrogen) atoms. The van der Waals surface area contributed by atoms with Gasteiger partial charge in [0.05, 0.1) is 33.0 Å². The highest BCUT2D eigenvalue weighted by Crippen LogP contribution is 2.30. The first-order chi connectivity index (χ1) is 21.2. The summed E-state index contributed by atoms with van der Waals surface area (Å²) in [4.78, 5) is 12.4. The summed E-state index contributed by atoms with van der Waals surface area (Å²) in [5, 5.41) is 2.95. The number of nitrogens with one attached hydrogen (secondary N) is 1. The molecule has 0 spiro atoms. The first-order valence-corrected chi connectivity index (χ1v) is 14.7. The van der Waals surface area contributed by atoms with E-state index < -0.39 is 30.6 Å². The highest BCUT2D eigenvalue weighted by molar-refractivity contribution is 5.73. The summed E-state index contributed by atoms with van der Waals surface area (Å²) in [5.41, 5.74) is 4.10. The smallest absolute Gasteiger partial charge is 0.218 e. The molecule has 1 heterocycles. The maximum absolute atomic E-state index is 12.4. The van der Waals surface area contributed by atoms with Crippen LogP contribution in [-0.2, 0) is 54.9 Å². The largest absolute Gasteiger partial charge is 0.374 e. The lowest BCUT2D eigenvalue weighted by molar-refractivity contribution is -0.277. The van der Waals surface area contributed by atoms with E-state index in [0.717, 1.165) is 22.3 Å². The summed E-state index contributed by atoms with van der Waals surface area (Å²) in [6, 6.07) is 39.8. The molecule has 1 fully saturated rings. The maximum atomic E-state index is 12.4. The Hall–Kier alpha value is -3.85. The average molecular weight is 582 g/mol. The van der Waals surface area contributed by atoms with Crippen LogP contribution in [0.25, 0.3) is 0 Å². The van der Waals surface area contributed by atoms with Gasteiger partial charge in [0.1, 0.15) is 24.4 Å². The van der Waals surface area contributed by atoms with Crippen molar-refractivity contribution in [2.75, 3.05) is 6.61 Å². The number of hydrogen-bond acceptors (Lipinski definition) is 6. The second kappa shape index (κ2) is 16.1. The monoisotopic (exact) mass is 581 g/mol. The van der Waals surface area contributed by atoms with Crippen molar-refractivity contribution >= 4 is 5.91 Å². The van der Waals surface area contributed by atoms with Crippen LogP contribution in [0.5, 0.6) is 0 Å². The molecule has 0 aromatic heterocycles. The van der Waals surface area contributed by atoms with Crippen molar-refractivity contribution in [2.24, 2.45) is 0 Å². The Morgan fingerprint density at radius 3 is 1.42 bits per heavy atom. The van der Waals surface area contributed by atoms with Gasteiger partial charge in [-0.3, -0.25) is 4.79 Å². The first kappa shape index (κ1) is 30.6. The van der Waals surface area contributed by atoms with E-state index in [0.29, 0.717) is 26.4 Å². The van der Waals surface area contributed by atoms with Crippen LogP contribution in [0.2, 0.25) is 0 Å². The maximum Gasteiger partial charge on any atom is 0.218 e. The Bertz CT molecular complexity index is 1360. The third-order valence-corrected chi connectivity index (χ3v) is 7.23. The minimum atomic E-state index is -0.774. The summed E-state index contributed by atoms with van der Waals surface area (Å²) in [7, 11) is 0. The molecule has 4 aromatic rings. The molecule has 1 amide bonds. The van der Waals surface area contributed by atoms with E-state index in [9.17, 15) is 4.79 Å². The lowest BCUT2D eigenvalue weighted by Gasteiger charge is -2.46. The van der Waals surface area contributed by atoms with Crippen molar-refractivity contribution in [3.8, 4) is 0 Å². The van der Waals surface area contributed by atoms with Crippen molar-refractivity contribution < 1.29 is 28.5 Å². The molecule has 1 N–H and O–H groups in total. The molecule has 1 saturated heterocycles. The van der Waals surface area contributed by atoms with Gasteiger partial charge in [0, 0.05) is 6.92 Å². The fourth-order valence-electron chi connectivity index (χ4n) is 5.11. The third-order valence-electron chi connectivity index (χ3n) is 7.23. The van der Waals surface area contributed by atoms with Crippen molar-refractivity contribution in [3.63, 3.8) is 0 Å². The zero-order chi connectivity index (χ0) is 29.7. The van der Waals surface area contributed by atoms with Crippen LogP contribution < -0.4 is 5.32 Å². The van der Waals surface area contributed by atoms with Crippen molar-refractivity contribution in [3.05, 3.63) is 144 Å². The van der Waals surface area contributed by atoms with Crippen molar-refractivity contribution in [2.45, 2.75) is 64.0 Å². The van der Waals surface area contributed by atoms with Crippen LogP contribution in [-0.4, -0.2) is 43.2 Å². The quantitative estimate of drug-likeness (QED) is 0.202. The molecular formula is C36H39NO6. The summed E-state index contributed by atoms with van der Waals surface area (Å²) in [6.07, 6.45) is -3.10. The van der Waals surface area contributed by atoms with Crippen LogP contribution in [0.15, 0.2) is 121 Å². The van der Waals surface area contributed by atoms with Crippen LogP contribution in [0.3, 0.4) is 0 Å². The molecule has 1 aliphatic rings. The summed E-state index contributed by atoms with van der Waals surface area (Å²) < 4.78 is 32.4. The van der Waals surface area contributed by atoms with Gasteiger partial charge in [0.25, 0.3) is 0 Å². The molecular weight excluding hydrogens is 542 g/mol. The Balaban J connectivity index is 1.42. The van der Waals surface area contributed by atoms with E-state index >= 15 is 0 Å². The molecule has 5 rings (SSSR count). The van der Waals surface area contributed by atoms with Crippen molar-refractivity contribution in [1.82, 2.24) is 5.32 Å². The Kier molecular flexibility index (Phi) is 11.5. The zero-order valence-corrected chi connectivity index (χ0v) is 24.4. The second-order valence-electron chi connectivity index (χ2n) is 10.6. The van der Waals surface area contributed by atoms with Crippen molar-refractivity contribution in [1.29, 1.82) is 0 Å². The lowest BCUT2D eigenvalue weighted by atomic mass is 9.96. The number of ether oxygens (including phenoxy) is 5. The van der Waals surface area contributed by atoms with Gasteiger partial charge in [-0.05, 0) is 22.3 Å². The highest BCUT2D eigenvalue weighted by atomic mass is 16.6. The second-order valence-corrected chi connectivity index (χ2v) is 10.6. The summed E-state index contributed by atoms with van der Waals surface area (Å²) in [6.45, 7) is 3.13. The fourth-order valence-corrected chi connectivity index (χ4v) is 5.11. The van der Waals surface area contributed by atoms with Gasteiger partial charge in [0.2, 0.25) is 5.91 Å². The van der Waals surface area contributed by atoms with Gasteiger partial charge in [0.15, 0.2) is 6.23 Å². The first-order valence-electron chi connectivity index (χ1n) is 14.7. The van der Waals surface area contributed by atoms with E-state index in [4.69, 9.17) is 23.7 Å². The highest BCUT2D eigenvalue weighted by Gasteiger charge is 2.48. The number of amides is 1. The molecule has 0 saturated carbocycles. The predicted molar refractivity (Wildman–Crippen MR) is 164 cm³/mol. The van der Waals surface area contributed by atoms with Gasteiger partial charge in [-0.1, -0.05) is 121 Å². The molecule has 4 aromatic carbocycles. The zero-order valence-electron chi connectivity index (χ0n) is 24.4. The van der Waals surface area contributed by atoms with E-state index in [1.165, 1.54) is 6.92 Å². The van der Waals surface area contributed by atoms with E-state index in [-0.39, 0.29) is 12.5 Å². The molecule has 224 valence electrons. The number of hydrogen-bond donors (Lipinski definition) is 1. The molecule has 0 bridgehead atoms. The number of carbonyl (C=O) groups excluding carboxylic acids is 1. The topological polar surface area (TPSA) is 75.3 Å². The van der Waals surface area contributed by atoms with E-state index in [1.807, 2.05) is 121 Å². The summed E-state index contributed by atoms with van der Waals surface area (Å²) >= 11 is 0. The predicted octanol–water partition coefficient (Wildman–Crippen LogP) is 5.82. The molecule has 0 radical (unpaired) electrons. The molecule has 5 atom stereocenters. The van der Waals surface area contributed by atoms with Crippen LogP contribution in [0, 0.1) is 0 Å². The standard InChI is InChI=1S/C36H39NO6/c1-27(38)37-36-35(42-25-31-20-12-5-13-21-31)34(41-24-30-18-10-4-11-19-30)33(40-23-29-16-8-3-9-17-29)32(43-36)26-39-22-28-14-6-2-7-15-28/h2-21,32-36H,22-26H2,1H3,(H,37,38)/t32-,33+,34+,35-,36-/m1/s1. The van der Waals surface area contributed by atoms with Crippen LogP contribution in [0.4, 0.5) is 0 Å². The minimum Gasteiger partial charge on any atom is -0.374 e. The fraction of sp³-hybridized carbons (Fsp3) is 0.306. The number of carbonyl (C=O) groups is 1. The third kappa shape index (κ3) is 9.32. The molecule has 7 heteroatoms. The molecule has 0 unspecified atom stereocenters. The minimum absolute atomic E-state index is 0.229. The molecule has 1 aliphatic heterocycles. The van der Waals surface area contributed by atoms with Gasteiger partial charge < -0.3 is 29.0 Å². The normalized spacial score (nSPS) is 21.7. The Morgan fingerprint density at radius 2 is 0.977 bits per heavy atom. The van der Waals surface area contributed by atoms with Crippen LogP contribution >= 0.6 is 0 Å². The van der Waals surface area contributed by atoms with E-state index in [2.05, 4.69) is 5.32 Å². The molecule has 7 nitrogen and oxygen atoms in total. The van der Waals surface area contributed by atoms with Crippen LogP contribution in [0.1, 0.15) is 29.2 Å². The van der Waals surface area contributed by atoms with Gasteiger partial charge in [-0.25, -0.2) is 0 Å². The summed E-state index contributed by atoms with van der Waals surface area (Å²) in [5.74, 6) is -0.229. The van der Waals surface area contributed by atoms with Gasteiger partial charge in [-0.15, -0.1) is 0 Å². The molecule has 0 aliphatic carbocycles. The average Bonchev–Trinajstić information content (AvgIpc) is 3.04. The Labute approximate surface area is 253 Å².